The smallest absolute Gasteiger partial charge is 0.509 e. The molecule has 0 N–H and O–H groups in total. The van der Waals surface area contributed by atoms with Gasteiger partial charge in [0.1, 0.15) is 5.82 Å². The Labute approximate surface area is 240 Å². The summed E-state index contributed by atoms with van der Waals surface area (Å²) in [4.78, 5) is 4.65. The van der Waals surface area contributed by atoms with E-state index in [0.29, 0.717) is 11.5 Å². The molecule has 7 rings (SSSR count). The molecular weight excluding hydrogens is 663 g/mol. The van der Waals surface area contributed by atoms with Gasteiger partial charge in [-0.1, -0.05) is 54.0 Å². The molecule has 0 radical (unpaired) electrons. The van der Waals surface area contributed by atoms with Gasteiger partial charge in [0.2, 0.25) is 0 Å². The minimum absolute atomic E-state index is 0. The van der Waals surface area contributed by atoms with Crippen molar-refractivity contribution in [2.24, 2.45) is 0 Å². The second kappa shape index (κ2) is 10.4. The van der Waals surface area contributed by atoms with Gasteiger partial charge in [0.05, 0.1) is 6.20 Å². The number of rotatable bonds is 5. The summed E-state index contributed by atoms with van der Waals surface area (Å²) in [5.74, 6) is 2.05. The van der Waals surface area contributed by atoms with Crippen LogP contribution >= 0.6 is 0 Å². The SMILES string of the molecule is Cc1ccnc(-n2c3[c-]c(Oc4[c-]c(-n5cc(-c6ccccc6)cn5)ccc4)ccc3c3ccccc32)c1.[Pt+4]. The Balaban J connectivity index is 0.00000277. The van der Waals surface area contributed by atoms with Crippen molar-refractivity contribution in [3.05, 3.63) is 133 Å². The number of ether oxygens (including phenoxy) is 1. The van der Waals surface area contributed by atoms with Crippen LogP contribution in [0.15, 0.2) is 116 Å². The number of aromatic nitrogens is 4. The van der Waals surface area contributed by atoms with Crippen molar-refractivity contribution >= 4 is 21.8 Å². The number of hydrogen-bond donors (Lipinski definition) is 0. The molecule has 0 aliphatic rings. The largest absolute Gasteiger partial charge is 4.00 e. The fraction of sp³-hybridized carbons (Fsp3) is 0.0303. The summed E-state index contributed by atoms with van der Waals surface area (Å²) in [6.07, 6.45) is 5.69. The monoisotopic (exact) mass is 685 g/mol. The summed E-state index contributed by atoms with van der Waals surface area (Å²) in [7, 11) is 0. The van der Waals surface area contributed by atoms with Crippen LogP contribution in [0.25, 0.3) is 44.4 Å². The topological polar surface area (TPSA) is 44.9 Å². The van der Waals surface area contributed by atoms with E-state index in [0.717, 1.165) is 50.0 Å². The van der Waals surface area contributed by atoms with Gasteiger partial charge < -0.3 is 9.30 Å². The molecule has 7 aromatic rings. The van der Waals surface area contributed by atoms with Crippen molar-refractivity contribution in [3.8, 4) is 34.1 Å². The number of hydrogen-bond acceptors (Lipinski definition) is 3. The maximum absolute atomic E-state index is 6.26. The molecule has 0 saturated carbocycles. The van der Waals surface area contributed by atoms with Gasteiger partial charge in [-0.15, -0.1) is 35.7 Å². The van der Waals surface area contributed by atoms with E-state index in [-0.39, 0.29) is 21.1 Å². The van der Waals surface area contributed by atoms with E-state index >= 15 is 0 Å². The first-order valence-electron chi connectivity index (χ1n) is 12.4. The molecule has 0 amide bonds. The Kier molecular flexibility index (Phi) is 6.60. The Morgan fingerprint density at radius 1 is 0.744 bits per heavy atom. The predicted octanol–water partition coefficient (Wildman–Crippen LogP) is 7.73. The van der Waals surface area contributed by atoms with Gasteiger partial charge in [0, 0.05) is 35.0 Å². The van der Waals surface area contributed by atoms with E-state index in [4.69, 9.17) is 4.74 Å². The second-order valence-electron chi connectivity index (χ2n) is 9.17. The van der Waals surface area contributed by atoms with Crippen LogP contribution in [0, 0.1) is 19.1 Å². The number of pyridine rings is 1. The summed E-state index contributed by atoms with van der Waals surface area (Å²) >= 11 is 0. The zero-order valence-electron chi connectivity index (χ0n) is 21.0. The summed E-state index contributed by atoms with van der Waals surface area (Å²) in [5.41, 5.74) is 6.10. The van der Waals surface area contributed by atoms with Gasteiger partial charge in [0.15, 0.2) is 0 Å². The minimum Gasteiger partial charge on any atom is -0.509 e. The van der Waals surface area contributed by atoms with Crippen LogP contribution in [0.1, 0.15) is 5.56 Å². The maximum atomic E-state index is 6.26. The molecule has 0 saturated heterocycles. The van der Waals surface area contributed by atoms with Crippen molar-refractivity contribution in [1.82, 2.24) is 19.3 Å². The summed E-state index contributed by atoms with van der Waals surface area (Å²) in [6.45, 7) is 2.07. The van der Waals surface area contributed by atoms with Gasteiger partial charge in [-0.3, -0.25) is 4.68 Å². The zero-order chi connectivity index (χ0) is 25.5. The van der Waals surface area contributed by atoms with Gasteiger partial charge >= 0.3 is 21.1 Å². The number of benzene rings is 4. The molecule has 0 fully saturated rings. The van der Waals surface area contributed by atoms with Crippen LogP contribution in [-0.2, 0) is 21.1 Å². The van der Waals surface area contributed by atoms with Crippen LogP contribution in [-0.4, -0.2) is 19.3 Å². The van der Waals surface area contributed by atoms with Crippen LogP contribution < -0.4 is 4.74 Å². The van der Waals surface area contributed by atoms with Crippen LogP contribution in [0.5, 0.6) is 11.5 Å². The molecule has 0 aliphatic carbocycles. The van der Waals surface area contributed by atoms with E-state index < -0.39 is 0 Å². The van der Waals surface area contributed by atoms with Crippen LogP contribution in [0.3, 0.4) is 0 Å². The molecule has 0 spiro atoms. The van der Waals surface area contributed by atoms with Crippen molar-refractivity contribution in [1.29, 1.82) is 0 Å². The minimum atomic E-state index is 0. The maximum Gasteiger partial charge on any atom is 4.00 e. The number of fused-ring (bicyclic) bond motifs is 3. The molecule has 5 nitrogen and oxygen atoms in total. The Bertz CT molecular complexity index is 1920. The van der Waals surface area contributed by atoms with Gasteiger partial charge in [0.25, 0.3) is 0 Å². The normalized spacial score (nSPS) is 11.0. The Morgan fingerprint density at radius 2 is 1.56 bits per heavy atom. The molecule has 0 aliphatic heterocycles. The number of aryl methyl sites for hydroxylation is 1. The van der Waals surface area contributed by atoms with Gasteiger partial charge in [-0.05, 0) is 47.3 Å². The second-order valence-corrected chi connectivity index (χ2v) is 9.17. The average Bonchev–Trinajstić information content (AvgIpc) is 3.57. The van der Waals surface area contributed by atoms with Crippen molar-refractivity contribution in [2.45, 2.75) is 6.92 Å². The van der Waals surface area contributed by atoms with Crippen LogP contribution in [0.2, 0.25) is 0 Å². The Hall–Kier alpha value is -4.47. The summed E-state index contributed by atoms with van der Waals surface area (Å²) in [5, 5.41) is 6.78. The first kappa shape index (κ1) is 24.8. The van der Waals surface area contributed by atoms with Crippen molar-refractivity contribution in [2.75, 3.05) is 0 Å². The van der Waals surface area contributed by atoms with E-state index in [1.54, 1.807) is 0 Å². The molecule has 0 bridgehead atoms. The van der Waals surface area contributed by atoms with E-state index in [1.165, 1.54) is 0 Å². The first-order chi connectivity index (χ1) is 18.7. The molecule has 4 aromatic carbocycles. The Morgan fingerprint density at radius 3 is 2.44 bits per heavy atom. The van der Waals surface area contributed by atoms with Crippen molar-refractivity contribution < 1.29 is 25.8 Å². The molecule has 0 unspecified atom stereocenters. The van der Waals surface area contributed by atoms with Crippen molar-refractivity contribution in [3.63, 3.8) is 0 Å². The van der Waals surface area contributed by atoms with Crippen LogP contribution in [0.4, 0.5) is 0 Å². The third-order valence-corrected chi connectivity index (χ3v) is 6.60. The van der Waals surface area contributed by atoms with E-state index in [1.807, 2.05) is 77.9 Å². The average molecular weight is 686 g/mol. The predicted molar refractivity (Wildman–Crippen MR) is 150 cm³/mol. The standard InChI is InChI=1S/C33H22N4O.Pt/c1-23-16-17-34-33(18-23)37-31-13-6-5-12-29(31)30-15-14-28(20-32(30)37)38-27-11-7-10-26(19-27)36-22-25(21-35-36)24-8-3-2-4-9-24;/h2-18,21-22H,1H3;/q-2;+4. The molecule has 6 heteroatoms. The molecule has 188 valence electrons. The van der Waals surface area contributed by atoms with Gasteiger partial charge in [-0.2, -0.15) is 17.2 Å². The number of nitrogens with zero attached hydrogens (tertiary/aromatic N) is 4. The third-order valence-electron chi connectivity index (χ3n) is 6.60. The summed E-state index contributed by atoms with van der Waals surface area (Å²) in [6, 6.07) is 39.3. The molecule has 0 atom stereocenters. The number of para-hydroxylation sites is 1. The first-order valence-corrected chi connectivity index (χ1v) is 12.4. The molecule has 3 heterocycles. The molecule has 3 aromatic heterocycles. The van der Waals surface area contributed by atoms with Gasteiger partial charge in [-0.25, -0.2) is 4.98 Å². The summed E-state index contributed by atoms with van der Waals surface area (Å²) < 4.78 is 10.2. The van der Waals surface area contributed by atoms with E-state index in [2.05, 4.69) is 76.2 Å². The van der Waals surface area contributed by atoms with E-state index in [9.17, 15) is 0 Å². The quantitative estimate of drug-likeness (QED) is 0.174. The third kappa shape index (κ3) is 4.66. The zero-order valence-corrected chi connectivity index (χ0v) is 23.3. The molecule has 39 heavy (non-hydrogen) atoms. The fourth-order valence-corrected chi connectivity index (χ4v) is 4.80. The molecular formula is C33H22N4OPt+2. The fourth-order valence-electron chi connectivity index (χ4n) is 4.80.